The highest BCUT2D eigenvalue weighted by atomic mass is 79.9. The van der Waals surface area contributed by atoms with Crippen LogP contribution < -0.4 is 5.32 Å². The van der Waals surface area contributed by atoms with Gasteiger partial charge in [-0.2, -0.15) is 0 Å². The van der Waals surface area contributed by atoms with E-state index in [-0.39, 0.29) is 5.97 Å². The summed E-state index contributed by atoms with van der Waals surface area (Å²) >= 11 is 3.55. The van der Waals surface area contributed by atoms with Crippen molar-refractivity contribution in [3.63, 3.8) is 0 Å². The predicted octanol–water partition coefficient (Wildman–Crippen LogP) is 4.86. The van der Waals surface area contributed by atoms with E-state index in [1.54, 1.807) is 0 Å². The van der Waals surface area contributed by atoms with E-state index < -0.39 is 0 Å². The molecule has 0 amide bonds. The summed E-state index contributed by atoms with van der Waals surface area (Å²) in [6, 6.07) is 6.12. The Labute approximate surface area is 135 Å². The van der Waals surface area contributed by atoms with Gasteiger partial charge in [0.05, 0.1) is 12.2 Å². The smallest absolute Gasteiger partial charge is 0.338 e. The second kappa shape index (κ2) is 7.30. The van der Waals surface area contributed by atoms with E-state index in [2.05, 4.69) is 35.1 Å². The number of carbonyl (C=O) groups is 1. The number of ether oxygens (including phenoxy) is 1. The Balaban J connectivity index is 2.03. The maximum atomic E-state index is 11.7. The summed E-state index contributed by atoms with van der Waals surface area (Å²) in [7, 11) is 0. The van der Waals surface area contributed by atoms with Gasteiger partial charge in [-0.1, -0.05) is 13.8 Å². The quantitative estimate of drug-likeness (QED) is 0.785. The number of hydrogen-bond acceptors (Lipinski definition) is 3. The van der Waals surface area contributed by atoms with Crippen molar-refractivity contribution in [1.29, 1.82) is 0 Å². The Kier molecular flexibility index (Phi) is 5.68. The number of hydrogen-bond donors (Lipinski definition) is 1. The second-order valence-electron chi connectivity index (χ2n) is 6.02. The zero-order chi connectivity index (χ0) is 15.4. The Morgan fingerprint density at radius 3 is 2.71 bits per heavy atom. The van der Waals surface area contributed by atoms with Gasteiger partial charge >= 0.3 is 5.97 Å². The number of benzene rings is 1. The van der Waals surface area contributed by atoms with E-state index in [1.165, 1.54) is 19.3 Å². The summed E-state index contributed by atoms with van der Waals surface area (Å²) in [5.41, 5.74) is 1.63. The van der Waals surface area contributed by atoms with Crippen LogP contribution in [0.1, 0.15) is 50.4 Å². The van der Waals surface area contributed by atoms with E-state index in [0.29, 0.717) is 18.2 Å². The van der Waals surface area contributed by atoms with Crippen LogP contribution in [0.5, 0.6) is 0 Å². The SMILES string of the molecule is CCOC(=O)c1ccc(NC2CCC(C)C(C)C2)c(Br)c1. The average Bonchev–Trinajstić information content (AvgIpc) is 2.45. The van der Waals surface area contributed by atoms with Gasteiger partial charge in [-0.05, 0) is 72.2 Å². The average molecular weight is 354 g/mol. The minimum atomic E-state index is -0.273. The first-order valence-electron chi connectivity index (χ1n) is 7.74. The highest BCUT2D eigenvalue weighted by molar-refractivity contribution is 9.10. The topological polar surface area (TPSA) is 38.3 Å². The maximum absolute atomic E-state index is 11.7. The first-order chi connectivity index (χ1) is 10.0. The molecule has 1 aliphatic carbocycles. The molecule has 0 aromatic heterocycles. The lowest BCUT2D eigenvalue weighted by atomic mass is 9.79. The number of esters is 1. The van der Waals surface area contributed by atoms with E-state index in [4.69, 9.17) is 4.74 Å². The Bertz CT molecular complexity index is 504. The van der Waals surface area contributed by atoms with Crippen LogP contribution in [-0.4, -0.2) is 18.6 Å². The molecule has 0 spiro atoms. The highest BCUT2D eigenvalue weighted by Crippen LogP contribution is 2.33. The summed E-state index contributed by atoms with van der Waals surface area (Å²) in [6.45, 7) is 6.88. The lowest BCUT2D eigenvalue weighted by molar-refractivity contribution is 0.0526. The van der Waals surface area contributed by atoms with Gasteiger partial charge in [-0.3, -0.25) is 0 Å². The van der Waals surface area contributed by atoms with Crippen LogP contribution in [0.15, 0.2) is 22.7 Å². The second-order valence-corrected chi connectivity index (χ2v) is 6.88. The first-order valence-corrected chi connectivity index (χ1v) is 8.53. The van der Waals surface area contributed by atoms with Crippen molar-refractivity contribution in [1.82, 2.24) is 0 Å². The van der Waals surface area contributed by atoms with Crippen LogP contribution in [0.3, 0.4) is 0 Å². The number of halogens is 1. The summed E-state index contributed by atoms with van der Waals surface area (Å²) in [5, 5.41) is 3.60. The number of rotatable bonds is 4. The van der Waals surface area contributed by atoms with Gasteiger partial charge in [0, 0.05) is 16.2 Å². The van der Waals surface area contributed by atoms with Gasteiger partial charge in [0.25, 0.3) is 0 Å². The van der Waals surface area contributed by atoms with Crippen molar-refractivity contribution in [2.75, 3.05) is 11.9 Å². The molecule has 1 N–H and O–H groups in total. The fourth-order valence-corrected chi connectivity index (χ4v) is 3.37. The zero-order valence-corrected chi connectivity index (χ0v) is 14.6. The van der Waals surface area contributed by atoms with E-state index >= 15 is 0 Å². The molecule has 21 heavy (non-hydrogen) atoms. The monoisotopic (exact) mass is 353 g/mol. The molecule has 0 heterocycles. The van der Waals surface area contributed by atoms with Crippen molar-refractivity contribution >= 4 is 27.6 Å². The molecule has 1 aliphatic rings. The highest BCUT2D eigenvalue weighted by Gasteiger charge is 2.24. The number of anilines is 1. The van der Waals surface area contributed by atoms with Crippen LogP contribution in [-0.2, 0) is 4.74 Å². The van der Waals surface area contributed by atoms with Gasteiger partial charge in [0.1, 0.15) is 0 Å². The molecule has 1 saturated carbocycles. The van der Waals surface area contributed by atoms with Crippen LogP contribution in [0.2, 0.25) is 0 Å². The third-order valence-electron chi connectivity index (χ3n) is 4.44. The Morgan fingerprint density at radius 2 is 2.10 bits per heavy atom. The lowest BCUT2D eigenvalue weighted by Gasteiger charge is -2.33. The van der Waals surface area contributed by atoms with Crippen LogP contribution in [0.25, 0.3) is 0 Å². The molecule has 3 atom stereocenters. The molecule has 1 fully saturated rings. The lowest BCUT2D eigenvalue weighted by Crippen LogP contribution is -2.30. The third kappa shape index (κ3) is 4.22. The summed E-state index contributed by atoms with van der Waals surface area (Å²) < 4.78 is 5.93. The maximum Gasteiger partial charge on any atom is 0.338 e. The standard InChI is InChI=1S/C17H24BrNO2/c1-4-21-17(20)13-6-8-16(15(18)10-13)19-14-7-5-11(2)12(3)9-14/h6,8,10-12,14,19H,4-5,7,9H2,1-3H3. The van der Waals surface area contributed by atoms with E-state index in [9.17, 15) is 4.79 Å². The summed E-state index contributed by atoms with van der Waals surface area (Å²) in [5.74, 6) is 1.30. The molecular weight excluding hydrogens is 330 g/mol. The molecule has 1 aromatic rings. The summed E-state index contributed by atoms with van der Waals surface area (Å²) in [6.07, 6.45) is 3.68. The fourth-order valence-electron chi connectivity index (χ4n) is 2.87. The van der Waals surface area contributed by atoms with Crippen molar-refractivity contribution in [3.8, 4) is 0 Å². The molecule has 3 nitrogen and oxygen atoms in total. The molecule has 4 heteroatoms. The van der Waals surface area contributed by atoms with Crippen LogP contribution >= 0.6 is 15.9 Å². The van der Waals surface area contributed by atoms with Gasteiger partial charge in [0.2, 0.25) is 0 Å². The molecule has 0 bridgehead atoms. The normalized spacial score (nSPS) is 25.4. The minimum absolute atomic E-state index is 0.273. The van der Waals surface area contributed by atoms with Crippen molar-refractivity contribution in [3.05, 3.63) is 28.2 Å². The van der Waals surface area contributed by atoms with Gasteiger partial charge in [-0.15, -0.1) is 0 Å². The van der Waals surface area contributed by atoms with Crippen molar-refractivity contribution in [2.24, 2.45) is 11.8 Å². The van der Waals surface area contributed by atoms with E-state index in [1.807, 2.05) is 25.1 Å². The third-order valence-corrected chi connectivity index (χ3v) is 5.09. The molecule has 0 radical (unpaired) electrons. The molecule has 0 saturated heterocycles. The molecule has 2 rings (SSSR count). The molecule has 0 aliphatic heterocycles. The van der Waals surface area contributed by atoms with Gasteiger partial charge in [-0.25, -0.2) is 4.79 Å². The molecule has 3 unspecified atom stereocenters. The number of nitrogens with one attached hydrogen (secondary N) is 1. The largest absolute Gasteiger partial charge is 0.462 e. The predicted molar refractivity (Wildman–Crippen MR) is 89.7 cm³/mol. The van der Waals surface area contributed by atoms with Crippen molar-refractivity contribution < 1.29 is 9.53 Å². The first kappa shape index (κ1) is 16.3. The molecule has 1 aromatic carbocycles. The van der Waals surface area contributed by atoms with Crippen molar-refractivity contribution in [2.45, 2.75) is 46.1 Å². The van der Waals surface area contributed by atoms with Gasteiger partial charge in [0.15, 0.2) is 0 Å². The Morgan fingerprint density at radius 1 is 1.33 bits per heavy atom. The Hall–Kier alpha value is -1.03. The minimum Gasteiger partial charge on any atom is -0.462 e. The molecule has 116 valence electrons. The van der Waals surface area contributed by atoms with Gasteiger partial charge < -0.3 is 10.1 Å². The van der Waals surface area contributed by atoms with Crippen LogP contribution in [0.4, 0.5) is 5.69 Å². The summed E-state index contributed by atoms with van der Waals surface area (Å²) in [4.78, 5) is 11.7. The van der Waals surface area contributed by atoms with Crippen LogP contribution in [0, 0.1) is 11.8 Å². The van der Waals surface area contributed by atoms with E-state index in [0.717, 1.165) is 22.0 Å². The molecular formula is C17H24BrNO2. The zero-order valence-electron chi connectivity index (χ0n) is 13.0. The fraction of sp³-hybridized carbons (Fsp3) is 0.588. The number of carbonyl (C=O) groups excluding carboxylic acids is 1.